The molecule has 0 radical (unpaired) electrons. The molecule has 0 saturated heterocycles. The van der Waals surface area contributed by atoms with E-state index < -0.39 is 0 Å². The molecule has 0 atom stereocenters. The summed E-state index contributed by atoms with van der Waals surface area (Å²) >= 11 is 0. The minimum Gasteiger partial charge on any atom is -0.441 e. The maximum absolute atomic E-state index is 5.43. The lowest BCUT2D eigenvalue weighted by atomic mass is 10.1. The summed E-state index contributed by atoms with van der Waals surface area (Å²) in [5.41, 5.74) is 3.09. The number of benzene rings is 1. The van der Waals surface area contributed by atoms with Crippen molar-refractivity contribution in [3.8, 4) is 0 Å². The maximum Gasteiger partial charge on any atom is 0.192 e. The monoisotopic (exact) mass is 219 g/mol. The molecule has 0 saturated carbocycles. The van der Waals surface area contributed by atoms with E-state index in [-0.39, 0.29) is 0 Å². The second kappa shape index (κ2) is 5.09. The number of oxazole rings is 1. The Hall–Kier alpha value is -1.39. The van der Waals surface area contributed by atoms with E-state index in [9.17, 15) is 0 Å². The molecule has 0 amide bonds. The average Bonchev–Trinajstić information content (AvgIpc) is 2.64. The molecule has 0 unspecified atom stereocenters. The van der Waals surface area contributed by atoms with Crippen molar-refractivity contribution >= 4 is 11.1 Å². The molecule has 0 aliphatic heterocycles. The SMILES string of the molecule is CNCNCCc1ccc2oc(C)nc2c1. The average molecular weight is 219 g/mol. The third-order valence-corrected chi connectivity index (χ3v) is 2.45. The minimum absolute atomic E-state index is 0.723. The summed E-state index contributed by atoms with van der Waals surface area (Å²) in [4.78, 5) is 4.32. The van der Waals surface area contributed by atoms with E-state index in [0.717, 1.165) is 36.6 Å². The predicted octanol–water partition coefficient (Wildman–Crippen LogP) is 1.45. The zero-order valence-corrected chi connectivity index (χ0v) is 9.71. The summed E-state index contributed by atoms with van der Waals surface area (Å²) in [6.07, 6.45) is 1.00. The van der Waals surface area contributed by atoms with Gasteiger partial charge in [0.1, 0.15) is 5.52 Å². The van der Waals surface area contributed by atoms with Crippen LogP contribution in [0.2, 0.25) is 0 Å². The second-order valence-electron chi connectivity index (χ2n) is 3.82. The van der Waals surface area contributed by atoms with Gasteiger partial charge >= 0.3 is 0 Å². The van der Waals surface area contributed by atoms with Gasteiger partial charge in [-0.25, -0.2) is 4.98 Å². The third-order valence-electron chi connectivity index (χ3n) is 2.45. The Morgan fingerprint density at radius 1 is 1.38 bits per heavy atom. The van der Waals surface area contributed by atoms with Crippen molar-refractivity contribution in [3.63, 3.8) is 0 Å². The van der Waals surface area contributed by atoms with Crippen molar-refractivity contribution in [1.82, 2.24) is 15.6 Å². The lowest BCUT2D eigenvalue weighted by molar-refractivity contribution is 0.561. The van der Waals surface area contributed by atoms with E-state index in [1.54, 1.807) is 0 Å². The van der Waals surface area contributed by atoms with Gasteiger partial charge in [0.2, 0.25) is 0 Å². The van der Waals surface area contributed by atoms with Crippen molar-refractivity contribution in [3.05, 3.63) is 29.7 Å². The smallest absolute Gasteiger partial charge is 0.192 e. The largest absolute Gasteiger partial charge is 0.441 e. The quantitative estimate of drug-likeness (QED) is 0.590. The maximum atomic E-state index is 5.43. The summed E-state index contributed by atoms with van der Waals surface area (Å²) in [6.45, 7) is 3.67. The third kappa shape index (κ3) is 2.59. The van der Waals surface area contributed by atoms with Crippen LogP contribution in [-0.4, -0.2) is 25.2 Å². The normalized spacial score (nSPS) is 11.1. The Labute approximate surface area is 95.1 Å². The van der Waals surface area contributed by atoms with E-state index in [2.05, 4.69) is 27.8 Å². The van der Waals surface area contributed by atoms with Crippen molar-refractivity contribution in [2.45, 2.75) is 13.3 Å². The summed E-state index contributed by atoms with van der Waals surface area (Å²) in [5, 5.41) is 6.33. The van der Waals surface area contributed by atoms with Gasteiger partial charge in [-0.3, -0.25) is 0 Å². The fourth-order valence-corrected chi connectivity index (χ4v) is 1.69. The van der Waals surface area contributed by atoms with Crippen LogP contribution in [0.1, 0.15) is 11.5 Å². The second-order valence-corrected chi connectivity index (χ2v) is 3.82. The lowest BCUT2D eigenvalue weighted by Gasteiger charge is -2.03. The number of hydrogen-bond acceptors (Lipinski definition) is 4. The molecule has 0 bridgehead atoms. The van der Waals surface area contributed by atoms with Gasteiger partial charge in [0.25, 0.3) is 0 Å². The van der Waals surface area contributed by atoms with E-state index in [1.165, 1.54) is 5.56 Å². The molecule has 2 aromatic rings. The van der Waals surface area contributed by atoms with Gasteiger partial charge in [-0.15, -0.1) is 0 Å². The fourth-order valence-electron chi connectivity index (χ4n) is 1.69. The number of nitrogens with zero attached hydrogens (tertiary/aromatic N) is 1. The van der Waals surface area contributed by atoms with E-state index in [1.807, 2.05) is 20.0 Å². The fraction of sp³-hybridized carbons (Fsp3) is 0.417. The highest BCUT2D eigenvalue weighted by atomic mass is 16.3. The molecule has 2 rings (SSSR count). The van der Waals surface area contributed by atoms with Crippen molar-refractivity contribution < 1.29 is 4.42 Å². The first-order valence-corrected chi connectivity index (χ1v) is 5.51. The predicted molar refractivity (Wildman–Crippen MR) is 64.4 cm³/mol. The molecule has 86 valence electrons. The van der Waals surface area contributed by atoms with Crippen LogP contribution in [0.15, 0.2) is 22.6 Å². The van der Waals surface area contributed by atoms with Crippen LogP contribution >= 0.6 is 0 Å². The van der Waals surface area contributed by atoms with Gasteiger partial charge in [-0.2, -0.15) is 0 Å². The molecule has 2 N–H and O–H groups in total. The number of nitrogens with one attached hydrogen (secondary N) is 2. The van der Waals surface area contributed by atoms with Crippen LogP contribution < -0.4 is 10.6 Å². The number of rotatable bonds is 5. The molecular formula is C12H17N3O. The molecular weight excluding hydrogens is 202 g/mol. The summed E-state index contributed by atoms with van der Waals surface area (Å²) in [6, 6.07) is 6.17. The molecule has 0 fully saturated rings. The zero-order valence-electron chi connectivity index (χ0n) is 9.71. The molecule has 1 heterocycles. The molecule has 0 spiro atoms. The molecule has 1 aromatic carbocycles. The highest BCUT2D eigenvalue weighted by Gasteiger charge is 2.02. The molecule has 4 heteroatoms. The topological polar surface area (TPSA) is 50.1 Å². The number of aryl methyl sites for hydroxylation is 1. The highest BCUT2D eigenvalue weighted by Crippen LogP contribution is 2.16. The van der Waals surface area contributed by atoms with Gasteiger partial charge in [0, 0.05) is 20.1 Å². The Morgan fingerprint density at radius 3 is 3.06 bits per heavy atom. The van der Waals surface area contributed by atoms with Gasteiger partial charge in [0.05, 0.1) is 0 Å². The number of hydrogen-bond donors (Lipinski definition) is 2. The van der Waals surface area contributed by atoms with Gasteiger partial charge < -0.3 is 15.1 Å². The van der Waals surface area contributed by atoms with Crippen molar-refractivity contribution in [1.29, 1.82) is 0 Å². The summed E-state index contributed by atoms with van der Waals surface area (Å²) in [7, 11) is 1.93. The Kier molecular flexibility index (Phi) is 3.54. The Morgan fingerprint density at radius 2 is 2.25 bits per heavy atom. The molecule has 1 aromatic heterocycles. The summed E-state index contributed by atoms with van der Waals surface area (Å²) < 4.78 is 5.43. The van der Waals surface area contributed by atoms with Crippen LogP contribution in [0, 0.1) is 6.92 Å². The number of fused-ring (bicyclic) bond motifs is 1. The van der Waals surface area contributed by atoms with Gasteiger partial charge in [-0.05, 0) is 31.2 Å². The first-order chi connectivity index (χ1) is 7.79. The lowest BCUT2D eigenvalue weighted by Crippen LogP contribution is -2.27. The molecule has 0 aliphatic carbocycles. The van der Waals surface area contributed by atoms with Gasteiger partial charge in [-0.1, -0.05) is 6.07 Å². The zero-order chi connectivity index (χ0) is 11.4. The van der Waals surface area contributed by atoms with E-state index in [0.29, 0.717) is 0 Å². The van der Waals surface area contributed by atoms with Crippen LogP contribution in [-0.2, 0) is 6.42 Å². The first kappa shape index (κ1) is 11.1. The Bertz CT molecular complexity index is 464. The number of aromatic nitrogens is 1. The van der Waals surface area contributed by atoms with E-state index >= 15 is 0 Å². The van der Waals surface area contributed by atoms with Crippen LogP contribution in [0.5, 0.6) is 0 Å². The van der Waals surface area contributed by atoms with Crippen LogP contribution in [0.3, 0.4) is 0 Å². The highest BCUT2D eigenvalue weighted by molar-refractivity contribution is 5.73. The molecule has 16 heavy (non-hydrogen) atoms. The van der Waals surface area contributed by atoms with Crippen LogP contribution in [0.4, 0.5) is 0 Å². The van der Waals surface area contributed by atoms with E-state index in [4.69, 9.17) is 4.42 Å². The van der Waals surface area contributed by atoms with Gasteiger partial charge in [0.15, 0.2) is 11.5 Å². The minimum atomic E-state index is 0.723. The van der Waals surface area contributed by atoms with Crippen LogP contribution in [0.25, 0.3) is 11.1 Å². The molecule has 4 nitrogen and oxygen atoms in total. The standard InChI is InChI=1S/C12H17N3O/c1-9-15-11-7-10(3-4-12(11)16-9)5-6-14-8-13-2/h3-4,7,13-14H,5-6,8H2,1-2H3. The van der Waals surface area contributed by atoms with Crippen molar-refractivity contribution in [2.24, 2.45) is 0 Å². The molecule has 0 aliphatic rings. The Balaban J connectivity index is 2.02. The first-order valence-electron chi connectivity index (χ1n) is 5.51. The summed E-state index contributed by atoms with van der Waals surface area (Å²) in [5.74, 6) is 0.723. The van der Waals surface area contributed by atoms with Crippen molar-refractivity contribution in [2.75, 3.05) is 20.3 Å².